The van der Waals surface area contributed by atoms with Crippen LogP contribution < -0.4 is 5.73 Å². The minimum Gasteiger partial charge on any atom is -0.393 e. The van der Waals surface area contributed by atoms with Gasteiger partial charge in [0.1, 0.15) is 11.4 Å². The fraction of sp³-hybridized carbons (Fsp3) is 0.759. The first-order valence-corrected chi connectivity index (χ1v) is 13.2. The summed E-state index contributed by atoms with van der Waals surface area (Å²) in [5.74, 6) is -0.987. The summed E-state index contributed by atoms with van der Waals surface area (Å²) in [4.78, 5) is 40.3. The zero-order valence-corrected chi connectivity index (χ0v) is 22.6. The highest BCUT2D eigenvalue weighted by Gasteiger charge is 2.83. The molecule has 0 aromatic carbocycles. The highest BCUT2D eigenvalue weighted by atomic mass is 16.6. The van der Waals surface area contributed by atoms with Crippen molar-refractivity contribution in [3.05, 3.63) is 23.8 Å². The predicted molar refractivity (Wildman–Crippen MR) is 134 cm³/mol. The number of carbonyl (C=O) groups excluding carboxylic acids is 3. The number of aliphatic hydroxyl groups is 2. The van der Waals surface area contributed by atoms with Crippen LogP contribution in [-0.4, -0.2) is 56.5 Å². The van der Waals surface area contributed by atoms with Crippen LogP contribution >= 0.6 is 0 Å². The van der Waals surface area contributed by atoms with Crippen LogP contribution in [0.25, 0.3) is 0 Å². The Labute approximate surface area is 213 Å². The summed E-state index contributed by atoms with van der Waals surface area (Å²) < 4.78 is 6.56. The molecule has 0 amide bonds. The molecule has 1 aliphatic heterocycles. The van der Waals surface area contributed by atoms with Gasteiger partial charge < -0.3 is 20.7 Å². The van der Waals surface area contributed by atoms with Gasteiger partial charge in [-0.2, -0.15) is 0 Å². The molecule has 4 aliphatic carbocycles. The van der Waals surface area contributed by atoms with Gasteiger partial charge in [0.2, 0.25) is 0 Å². The maximum absolute atomic E-state index is 14.2. The Morgan fingerprint density at radius 3 is 2.44 bits per heavy atom. The summed E-state index contributed by atoms with van der Waals surface area (Å²) in [5.41, 5.74) is 2.03. The number of rotatable bonds is 3. The van der Waals surface area contributed by atoms with Crippen LogP contribution in [-0.2, 0) is 19.1 Å². The number of aliphatic hydroxyl groups excluding tert-OH is 1. The molecular formula is C29H41NO6. The van der Waals surface area contributed by atoms with Crippen LogP contribution in [0.1, 0.15) is 74.1 Å². The van der Waals surface area contributed by atoms with E-state index in [9.17, 15) is 24.6 Å². The van der Waals surface area contributed by atoms with Gasteiger partial charge in [0.25, 0.3) is 0 Å². The van der Waals surface area contributed by atoms with E-state index in [1.807, 2.05) is 20.8 Å². The zero-order valence-electron chi connectivity index (χ0n) is 22.6. The van der Waals surface area contributed by atoms with E-state index in [4.69, 9.17) is 10.5 Å². The van der Waals surface area contributed by atoms with E-state index >= 15 is 0 Å². The molecule has 36 heavy (non-hydrogen) atoms. The molecule has 0 unspecified atom stereocenters. The highest BCUT2D eigenvalue weighted by molar-refractivity contribution is 5.99. The van der Waals surface area contributed by atoms with Crippen LogP contribution in [0.15, 0.2) is 23.8 Å². The number of carbonyl (C=O) groups is 3. The Kier molecular flexibility index (Phi) is 5.23. The molecule has 1 saturated heterocycles. The van der Waals surface area contributed by atoms with E-state index in [-0.39, 0.29) is 35.6 Å². The first-order valence-electron chi connectivity index (χ1n) is 13.2. The number of ketones is 3. The van der Waals surface area contributed by atoms with Crippen molar-refractivity contribution in [2.45, 2.75) is 103 Å². The summed E-state index contributed by atoms with van der Waals surface area (Å²) in [6.45, 7) is 12.8. The van der Waals surface area contributed by atoms with Gasteiger partial charge in [-0.25, -0.2) is 0 Å². The molecule has 0 radical (unpaired) electrons. The quantitative estimate of drug-likeness (QED) is 0.402. The van der Waals surface area contributed by atoms with Crippen molar-refractivity contribution in [1.82, 2.24) is 0 Å². The monoisotopic (exact) mass is 499 g/mol. The highest BCUT2D eigenvalue weighted by Crippen LogP contribution is 2.76. The van der Waals surface area contributed by atoms with Gasteiger partial charge in [-0.3, -0.25) is 14.4 Å². The number of fused-ring (bicyclic) bond motifs is 4. The fourth-order valence-electron chi connectivity index (χ4n) is 9.17. The lowest BCUT2D eigenvalue weighted by molar-refractivity contribution is -0.345. The lowest BCUT2D eigenvalue weighted by Crippen LogP contribution is -2.78. The Morgan fingerprint density at radius 1 is 1.19 bits per heavy atom. The van der Waals surface area contributed by atoms with Crippen molar-refractivity contribution in [1.29, 1.82) is 0 Å². The second-order valence-corrected chi connectivity index (χ2v) is 13.8. The topological polar surface area (TPSA) is 127 Å². The van der Waals surface area contributed by atoms with Crippen LogP contribution in [0, 0.1) is 34.0 Å². The van der Waals surface area contributed by atoms with Crippen molar-refractivity contribution in [3.8, 4) is 0 Å². The normalized spacial score (nSPS) is 49.5. The first kappa shape index (κ1) is 26.0. The number of nitrogens with two attached hydrogens (primary N) is 1. The zero-order chi connectivity index (χ0) is 26.9. The van der Waals surface area contributed by atoms with Gasteiger partial charge in [-0.15, -0.1) is 0 Å². The van der Waals surface area contributed by atoms with E-state index in [0.29, 0.717) is 19.3 Å². The van der Waals surface area contributed by atoms with Gasteiger partial charge >= 0.3 is 0 Å². The second kappa shape index (κ2) is 7.25. The van der Waals surface area contributed by atoms with E-state index in [1.54, 1.807) is 20.8 Å². The SMILES string of the molecule is CC(C)(O)/C=C/C(=O)[C@]1(C)O[C@]23CC(=O)[C@@]4(C)[C@@H]5C[C@H](N)C(=O)C(C)(C)C5=CC[C@H]4[C@]2(C)C[C@@H](O)[C@H]13. The van der Waals surface area contributed by atoms with E-state index in [1.165, 1.54) is 12.2 Å². The Balaban J connectivity index is 1.56. The molecule has 0 bridgehead atoms. The number of hydrogen-bond donors (Lipinski definition) is 3. The lowest BCUT2D eigenvalue weighted by Gasteiger charge is -2.70. The third-order valence-electron chi connectivity index (χ3n) is 11.0. The smallest absolute Gasteiger partial charge is 0.187 e. The molecule has 4 N–H and O–H groups in total. The third-order valence-corrected chi connectivity index (χ3v) is 11.0. The largest absolute Gasteiger partial charge is 0.393 e. The molecule has 5 aliphatic rings. The van der Waals surface area contributed by atoms with Gasteiger partial charge in [-0.05, 0) is 71.8 Å². The average Bonchev–Trinajstić information content (AvgIpc) is 2.92. The Hall–Kier alpha value is -1.67. The molecule has 1 heterocycles. The Bertz CT molecular complexity index is 1120. The minimum absolute atomic E-state index is 0.0186. The third kappa shape index (κ3) is 2.92. The Morgan fingerprint density at radius 2 is 1.83 bits per heavy atom. The summed E-state index contributed by atoms with van der Waals surface area (Å²) in [6, 6.07) is -0.612. The van der Waals surface area contributed by atoms with Gasteiger partial charge in [0.05, 0.1) is 29.3 Å². The number of Topliss-reactive ketones (excluding diaryl/α,β-unsaturated/α-hetero) is 2. The maximum Gasteiger partial charge on any atom is 0.187 e. The maximum atomic E-state index is 14.2. The van der Waals surface area contributed by atoms with Gasteiger partial charge in [0.15, 0.2) is 11.6 Å². The molecule has 1 spiro atoms. The second-order valence-electron chi connectivity index (χ2n) is 13.8. The van der Waals surface area contributed by atoms with Crippen molar-refractivity contribution in [2.24, 2.45) is 39.7 Å². The molecule has 4 fully saturated rings. The minimum atomic E-state index is -1.26. The predicted octanol–water partition coefficient (Wildman–Crippen LogP) is 2.67. The van der Waals surface area contributed by atoms with Crippen LogP contribution in [0.3, 0.4) is 0 Å². The van der Waals surface area contributed by atoms with Crippen LogP contribution in [0.4, 0.5) is 0 Å². The van der Waals surface area contributed by atoms with E-state index in [0.717, 1.165) is 5.57 Å². The average molecular weight is 500 g/mol. The molecule has 198 valence electrons. The molecule has 0 aromatic heterocycles. The van der Waals surface area contributed by atoms with Crippen LogP contribution in [0.5, 0.6) is 0 Å². The first-order chi connectivity index (χ1) is 16.4. The summed E-state index contributed by atoms with van der Waals surface area (Å²) in [5, 5.41) is 21.4. The standard InChI is InChI=1S/C29H41NO6/c1-24(2,35)11-10-20(32)28(7)22-18(31)13-26(5)19-9-8-15-16(12-17(30)23(34)25(15,3)4)27(19,6)21(33)14-29(22,26)36-28/h8,10-11,16-19,22,31,35H,9,12-14,30H2,1-7H3/b11-10+/t16-,17+,18-,19+,22-,26+,27+,28+,29+/m1/s1. The van der Waals surface area contributed by atoms with Crippen molar-refractivity contribution >= 4 is 17.3 Å². The van der Waals surface area contributed by atoms with Crippen LogP contribution in [0.2, 0.25) is 0 Å². The number of ether oxygens (including phenoxy) is 1. The van der Waals surface area contributed by atoms with Gasteiger partial charge in [-0.1, -0.05) is 31.6 Å². The van der Waals surface area contributed by atoms with Crippen molar-refractivity contribution < 1.29 is 29.3 Å². The van der Waals surface area contributed by atoms with Crippen molar-refractivity contribution in [2.75, 3.05) is 0 Å². The molecular weight excluding hydrogens is 458 g/mol. The molecule has 9 atom stereocenters. The molecule has 7 nitrogen and oxygen atoms in total. The lowest BCUT2D eigenvalue weighted by atomic mass is 9.39. The van der Waals surface area contributed by atoms with Crippen molar-refractivity contribution in [3.63, 3.8) is 0 Å². The molecule has 3 saturated carbocycles. The summed E-state index contributed by atoms with van der Waals surface area (Å²) >= 11 is 0. The molecule has 7 heteroatoms. The fourth-order valence-corrected chi connectivity index (χ4v) is 9.17. The summed E-state index contributed by atoms with van der Waals surface area (Å²) in [6.07, 6.45) is 5.75. The molecule has 0 aromatic rings. The van der Waals surface area contributed by atoms with Gasteiger partial charge in [0, 0.05) is 22.7 Å². The van der Waals surface area contributed by atoms with E-state index < -0.39 is 51.1 Å². The molecule has 5 rings (SSSR count). The van der Waals surface area contributed by atoms with E-state index in [2.05, 4.69) is 13.0 Å². The number of hydrogen-bond acceptors (Lipinski definition) is 7. The summed E-state index contributed by atoms with van der Waals surface area (Å²) in [7, 11) is 0. The number of allylic oxidation sites excluding steroid dienone is 2.